The lowest BCUT2D eigenvalue weighted by Gasteiger charge is -2.07. The van der Waals surface area contributed by atoms with Crippen LogP contribution in [0.5, 0.6) is 0 Å². The molecule has 0 radical (unpaired) electrons. The smallest absolute Gasteiger partial charge is 0.234 e. The highest BCUT2D eigenvalue weighted by Gasteiger charge is 2.07. The molecule has 1 rings (SSSR count). The second-order valence-electron chi connectivity index (χ2n) is 2.67. The van der Waals surface area contributed by atoms with Crippen molar-refractivity contribution >= 4 is 5.91 Å². The molecule has 13 heavy (non-hydrogen) atoms. The van der Waals surface area contributed by atoms with E-state index < -0.39 is 0 Å². The van der Waals surface area contributed by atoms with Gasteiger partial charge in [0.05, 0.1) is 12.6 Å². The summed E-state index contributed by atoms with van der Waals surface area (Å²) in [6, 6.07) is 1.38. The summed E-state index contributed by atoms with van der Waals surface area (Å²) < 4.78 is 0. The molecule has 0 bridgehead atoms. The number of rotatable bonds is 4. The molecule has 3 N–H and O–H groups in total. The number of nitrogens with two attached hydrogens (primary N) is 1. The predicted octanol–water partition coefficient (Wildman–Crippen LogP) is -0.560. The quantitative estimate of drug-likeness (QED) is 0.650. The number of aromatic nitrogens is 2. The largest absolute Gasteiger partial charge is 0.368 e. The second kappa shape index (κ2) is 4.51. The van der Waals surface area contributed by atoms with E-state index in [4.69, 9.17) is 5.73 Å². The summed E-state index contributed by atoms with van der Waals surface area (Å²) in [6.45, 7) is 2.15. The third-order valence-corrected chi connectivity index (χ3v) is 1.61. The van der Waals surface area contributed by atoms with E-state index in [0.29, 0.717) is 12.4 Å². The van der Waals surface area contributed by atoms with Crippen LogP contribution in [0.4, 0.5) is 0 Å². The molecule has 1 atom stereocenters. The number of primary amides is 1. The molecule has 1 unspecified atom stereocenters. The summed E-state index contributed by atoms with van der Waals surface area (Å²) >= 11 is 0. The number of carbonyl (C=O) groups is 1. The van der Waals surface area contributed by atoms with E-state index >= 15 is 0 Å². The first-order valence-corrected chi connectivity index (χ1v) is 3.98. The maximum absolute atomic E-state index is 10.6. The highest BCUT2D eigenvalue weighted by molar-refractivity contribution is 5.79. The van der Waals surface area contributed by atoms with Crippen LogP contribution in [0.15, 0.2) is 18.5 Å². The Bertz CT molecular complexity index is 275. The van der Waals surface area contributed by atoms with Gasteiger partial charge in [-0.15, -0.1) is 0 Å². The minimum atomic E-state index is -0.379. The van der Waals surface area contributed by atoms with Gasteiger partial charge in [-0.1, -0.05) is 0 Å². The van der Waals surface area contributed by atoms with Gasteiger partial charge < -0.3 is 5.73 Å². The van der Waals surface area contributed by atoms with Gasteiger partial charge in [-0.3, -0.25) is 10.1 Å². The lowest BCUT2D eigenvalue weighted by atomic mass is 10.3. The van der Waals surface area contributed by atoms with E-state index in [9.17, 15) is 4.79 Å². The van der Waals surface area contributed by atoms with Crippen molar-refractivity contribution < 1.29 is 4.79 Å². The van der Waals surface area contributed by atoms with Gasteiger partial charge >= 0.3 is 0 Å². The van der Waals surface area contributed by atoms with Gasteiger partial charge in [0.25, 0.3) is 0 Å². The monoisotopic (exact) mass is 180 g/mol. The minimum Gasteiger partial charge on any atom is -0.368 e. The summed E-state index contributed by atoms with van der Waals surface area (Å²) in [7, 11) is 0. The average molecular weight is 180 g/mol. The number of hydrogen-bond acceptors (Lipinski definition) is 4. The van der Waals surface area contributed by atoms with Gasteiger partial charge in [0.2, 0.25) is 5.91 Å². The molecule has 1 aromatic heterocycles. The van der Waals surface area contributed by atoms with Crippen LogP contribution in [0.3, 0.4) is 0 Å². The van der Waals surface area contributed by atoms with Crippen molar-refractivity contribution in [2.24, 2.45) is 5.73 Å². The van der Waals surface area contributed by atoms with Gasteiger partial charge in [-0.2, -0.15) is 0 Å². The maximum Gasteiger partial charge on any atom is 0.234 e. The molecule has 0 saturated heterocycles. The SMILES string of the molecule is CC(NCc1ncccn1)C(N)=O. The Morgan fingerprint density at radius 1 is 1.62 bits per heavy atom. The van der Waals surface area contributed by atoms with Crippen LogP contribution >= 0.6 is 0 Å². The summed E-state index contributed by atoms with van der Waals surface area (Å²) in [4.78, 5) is 18.6. The molecule has 1 amide bonds. The molecular weight excluding hydrogens is 168 g/mol. The highest BCUT2D eigenvalue weighted by Crippen LogP contribution is 1.88. The van der Waals surface area contributed by atoms with Gasteiger partial charge in [-0.05, 0) is 13.0 Å². The number of nitrogens with zero attached hydrogens (tertiary/aromatic N) is 2. The van der Waals surface area contributed by atoms with Crippen LogP contribution in [0.2, 0.25) is 0 Å². The Morgan fingerprint density at radius 2 is 2.23 bits per heavy atom. The number of hydrogen-bond donors (Lipinski definition) is 2. The van der Waals surface area contributed by atoms with E-state index in [-0.39, 0.29) is 11.9 Å². The first-order valence-electron chi connectivity index (χ1n) is 3.98. The Hall–Kier alpha value is -1.49. The molecule has 1 aromatic rings. The third-order valence-electron chi connectivity index (χ3n) is 1.61. The van der Waals surface area contributed by atoms with Gasteiger partial charge in [0, 0.05) is 12.4 Å². The van der Waals surface area contributed by atoms with E-state index in [2.05, 4.69) is 15.3 Å². The Labute approximate surface area is 76.4 Å². The molecular formula is C8H12N4O. The van der Waals surface area contributed by atoms with Crippen LogP contribution < -0.4 is 11.1 Å². The van der Waals surface area contributed by atoms with E-state index in [1.54, 1.807) is 25.4 Å². The summed E-state index contributed by atoms with van der Waals surface area (Å²) in [5.41, 5.74) is 5.06. The second-order valence-corrected chi connectivity index (χ2v) is 2.67. The van der Waals surface area contributed by atoms with E-state index in [1.165, 1.54) is 0 Å². The molecule has 5 nitrogen and oxygen atoms in total. The molecule has 1 heterocycles. The van der Waals surface area contributed by atoms with Crippen LogP contribution in [-0.4, -0.2) is 21.9 Å². The molecule has 0 spiro atoms. The molecule has 0 fully saturated rings. The topological polar surface area (TPSA) is 80.9 Å². The molecule has 70 valence electrons. The Morgan fingerprint density at radius 3 is 2.77 bits per heavy atom. The first kappa shape index (κ1) is 9.60. The Kier molecular flexibility index (Phi) is 3.33. The lowest BCUT2D eigenvalue weighted by molar-refractivity contribution is -0.119. The van der Waals surface area contributed by atoms with Gasteiger partial charge in [0.15, 0.2) is 0 Å². The van der Waals surface area contributed by atoms with E-state index in [1.807, 2.05) is 0 Å². The normalized spacial score (nSPS) is 12.4. The van der Waals surface area contributed by atoms with Gasteiger partial charge in [0.1, 0.15) is 5.82 Å². The maximum atomic E-state index is 10.6. The summed E-state index contributed by atoms with van der Waals surface area (Å²) in [5, 5.41) is 2.90. The van der Waals surface area contributed by atoms with Crippen molar-refractivity contribution in [3.8, 4) is 0 Å². The number of carbonyl (C=O) groups excluding carboxylic acids is 1. The zero-order valence-electron chi connectivity index (χ0n) is 7.40. The van der Waals surface area contributed by atoms with Crippen LogP contribution in [0.1, 0.15) is 12.7 Å². The number of nitrogens with one attached hydrogen (secondary N) is 1. The van der Waals surface area contributed by atoms with Crippen molar-refractivity contribution in [3.63, 3.8) is 0 Å². The standard InChI is InChI=1S/C8H12N4O/c1-6(8(9)13)12-5-7-10-3-2-4-11-7/h2-4,6,12H,5H2,1H3,(H2,9,13). The van der Waals surface area contributed by atoms with Crippen LogP contribution in [0, 0.1) is 0 Å². The van der Waals surface area contributed by atoms with Crippen LogP contribution in [-0.2, 0) is 11.3 Å². The minimum absolute atomic E-state index is 0.358. The van der Waals surface area contributed by atoms with Crippen molar-refractivity contribution in [1.82, 2.24) is 15.3 Å². The van der Waals surface area contributed by atoms with Crippen molar-refractivity contribution in [2.75, 3.05) is 0 Å². The Balaban J connectivity index is 2.39. The number of amides is 1. The average Bonchev–Trinajstić information content (AvgIpc) is 2.15. The predicted molar refractivity (Wildman–Crippen MR) is 47.5 cm³/mol. The fourth-order valence-electron chi connectivity index (χ4n) is 0.766. The highest BCUT2D eigenvalue weighted by atomic mass is 16.1. The first-order chi connectivity index (χ1) is 6.20. The molecule has 0 aromatic carbocycles. The summed E-state index contributed by atoms with van der Waals surface area (Å²) in [6.07, 6.45) is 3.30. The lowest BCUT2D eigenvalue weighted by Crippen LogP contribution is -2.38. The molecule has 0 aliphatic carbocycles. The summed E-state index contributed by atoms with van der Waals surface area (Å²) in [5.74, 6) is 0.270. The molecule has 0 saturated carbocycles. The third kappa shape index (κ3) is 3.16. The molecule has 5 heteroatoms. The molecule has 0 aliphatic heterocycles. The van der Waals surface area contributed by atoms with Crippen molar-refractivity contribution in [3.05, 3.63) is 24.3 Å². The van der Waals surface area contributed by atoms with Gasteiger partial charge in [-0.25, -0.2) is 9.97 Å². The van der Waals surface area contributed by atoms with E-state index in [0.717, 1.165) is 0 Å². The fraction of sp³-hybridized carbons (Fsp3) is 0.375. The van der Waals surface area contributed by atoms with Crippen LogP contribution in [0.25, 0.3) is 0 Å². The van der Waals surface area contributed by atoms with Crippen molar-refractivity contribution in [1.29, 1.82) is 0 Å². The fourth-order valence-corrected chi connectivity index (χ4v) is 0.766. The molecule has 0 aliphatic rings. The zero-order chi connectivity index (χ0) is 9.68. The zero-order valence-corrected chi connectivity index (χ0v) is 7.40. The van der Waals surface area contributed by atoms with Crippen molar-refractivity contribution in [2.45, 2.75) is 19.5 Å².